The average Bonchev–Trinajstić information content (AvgIpc) is 3.04. The number of aromatic nitrogens is 3. The van der Waals surface area contributed by atoms with Gasteiger partial charge in [0.25, 0.3) is 0 Å². The summed E-state index contributed by atoms with van der Waals surface area (Å²) in [4.78, 5) is 0. The molecule has 0 aliphatic heterocycles. The van der Waals surface area contributed by atoms with Crippen LogP contribution in [-0.2, 0) is 5.75 Å². The molecule has 0 aliphatic rings. The summed E-state index contributed by atoms with van der Waals surface area (Å²) in [6, 6.07) is 15.9. The van der Waals surface area contributed by atoms with Crippen molar-refractivity contribution in [1.29, 1.82) is 0 Å². The number of hydrogen-bond donors (Lipinski definition) is 0. The lowest BCUT2D eigenvalue weighted by atomic mass is 10.2. The summed E-state index contributed by atoms with van der Waals surface area (Å²) in [6.45, 7) is 1.87. The minimum absolute atomic E-state index is 0.642. The van der Waals surface area contributed by atoms with Crippen LogP contribution in [0, 0.1) is 6.92 Å². The van der Waals surface area contributed by atoms with E-state index in [2.05, 4.69) is 27.4 Å². The van der Waals surface area contributed by atoms with Crippen LogP contribution < -0.4 is 9.47 Å². The minimum Gasteiger partial charge on any atom is -0.493 e. The molecule has 0 radical (unpaired) electrons. The molecule has 0 spiro atoms. The van der Waals surface area contributed by atoms with E-state index < -0.39 is 0 Å². The molecule has 0 N–H and O–H groups in total. The lowest BCUT2D eigenvalue weighted by Gasteiger charge is -2.09. The lowest BCUT2D eigenvalue weighted by Crippen LogP contribution is -1.99. The third-order valence-corrected chi connectivity index (χ3v) is 4.71. The Balaban J connectivity index is 1.82. The van der Waals surface area contributed by atoms with Crippen LogP contribution in [0.3, 0.4) is 0 Å². The first-order chi connectivity index (χ1) is 12.7. The second-order valence-corrected chi connectivity index (χ2v) is 6.39. The van der Waals surface area contributed by atoms with Gasteiger partial charge in [0.05, 0.1) is 20.4 Å². The van der Waals surface area contributed by atoms with Gasteiger partial charge in [0.1, 0.15) is 0 Å². The number of benzene rings is 2. The highest BCUT2D eigenvalue weighted by Gasteiger charge is 2.11. The van der Waals surface area contributed by atoms with Gasteiger partial charge in [-0.15, -0.1) is 10.2 Å². The maximum atomic E-state index is 5.44. The largest absolute Gasteiger partial charge is 0.493 e. The summed E-state index contributed by atoms with van der Waals surface area (Å²) < 4.78 is 12.5. The van der Waals surface area contributed by atoms with Crippen molar-refractivity contribution >= 4 is 18.0 Å². The molecule has 0 saturated heterocycles. The summed E-state index contributed by atoms with van der Waals surface area (Å²) in [6.07, 6.45) is 1.73. The molecule has 26 heavy (non-hydrogen) atoms. The fourth-order valence-corrected chi connectivity index (χ4v) is 3.31. The average molecular weight is 368 g/mol. The zero-order valence-electron chi connectivity index (χ0n) is 14.9. The van der Waals surface area contributed by atoms with Crippen LogP contribution >= 0.6 is 11.8 Å². The molecule has 0 bridgehead atoms. The maximum Gasteiger partial charge on any atom is 0.212 e. The number of para-hydroxylation sites is 1. The molecule has 0 amide bonds. The molecule has 6 nitrogen and oxygen atoms in total. The van der Waals surface area contributed by atoms with Crippen LogP contribution in [0.1, 0.15) is 17.0 Å². The molecule has 0 saturated carbocycles. The van der Waals surface area contributed by atoms with Crippen molar-refractivity contribution in [2.45, 2.75) is 17.8 Å². The molecular formula is C19H20N4O2S. The van der Waals surface area contributed by atoms with Gasteiger partial charge in [-0.3, -0.25) is 0 Å². The Morgan fingerprint density at radius 2 is 1.85 bits per heavy atom. The monoisotopic (exact) mass is 368 g/mol. The molecule has 3 rings (SSSR count). The second-order valence-electron chi connectivity index (χ2n) is 5.44. The van der Waals surface area contributed by atoms with E-state index in [0.717, 1.165) is 22.3 Å². The van der Waals surface area contributed by atoms with E-state index in [1.165, 1.54) is 5.56 Å². The molecule has 0 atom stereocenters. The number of thioether (sulfide) groups is 1. The molecule has 0 fully saturated rings. The molecule has 1 aromatic heterocycles. The molecule has 0 unspecified atom stereocenters. The Hall–Kier alpha value is -2.80. The van der Waals surface area contributed by atoms with Gasteiger partial charge in [-0.2, -0.15) is 9.78 Å². The third kappa shape index (κ3) is 4.05. The number of nitrogens with zero attached hydrogens (tertiary/aromatic N) is 4. The van der Waals surface area contributed by atoms with Gasteiger partial charge in [-0.1, -0.05) is 48.2 Å². The SMILES string of the molecule is COc1cccc(/C=N\n2c(C)nnc2SCc2ccccc2)c1OC. The fourth-order valence-electron chi connectivity index (χ4n) is 2.42. The number of rotatable bonds is 7. The van der Waals surface area contributed by atoms with E-state index in [1.807, 2.05) is 43.3 Å². The van der Waals surface area contributed by atoms with Crippen LogP contribution in [0.15, 0.2) is 58.8 Å². The van der Waals surface area contributed by atoms with E-state index in [4.69, 9.17) is 9.47 Å². The van der Waals surface area contributed by atoms with Crippen molar-refractivity contribution in [2.75, 3.05) is 14.2 Å². The summed E-state index contributed by atoms with van der Waals surface area (Å²) in [5, 5.41) is 13.6. The Bertz CT molecular complexity index is 894. The topological polar surface area (TPSA) is 61.5 Å². The van der Waals surface area contributed by atoms with Crippen molar-refractivity contribution in [3.63, 3.8) is 0 Å². The van der Waals surface area contributed by atoms with E-state index >= 15 is 0 Å². The first kappa shape index (κ1) is 18.0. The first-order valence-corrected chi connectivity index (χ1v) is 9.05. The van der Waals surface area contributed by atoms with Crippen LogP contribution in [0.4, 0.5) is 0 Å². The Morgan fingerprint density at radius 1 is 1.04 bits per heavy atom. The quantitative estimate of drug-likeness (QED) is 0.469. The maximum absolute atomic E-state index is 5.44. The van der Waals surface area contributed by atoms with Gasteiger partial charge in [-0.25, -0.2) is 0 Å². The zero-order valence-corrected chi connectivity index (χ0v) is 15.7. The van der Waals surface area contributed by atoms with Gasteiger partial charge in [-0.05, 0) is 24.6 Å². The van der Waals surface area contributed by atoms with Crippen molar-refractivity contribution in [1.82, 2.24) is 14.9 Å². The zero-order chi connectivity index (χ0) is 18.4. The Labute approximate surface area is 156 Å². The van der Waals surface area contributed by atoms with Crippen LogP contribution in [0.25, 0.3) is 0 Å². The normalized spacial score (nSPS) is 11.0. The molecule has 0 aliphatic carbocycles. The summed E-state index contributed by atoms with van der Waals surface area (Å²) in [7, 11) is 3.22. The van der Waals surface area contributed by atoms with Gasteiger partial charge in [0.15, 0.2) is 17.3 Å². The fraction of sp³-hybridized carbons (Fsp3) is 0.211. The predicted molar refractivity (Wildman–Crippen MR) is 103 cm³/mol. The van der Waals surface area contributed by atoms with E-state index in [0.29, 0.717) is 11.5 Å². The minimum atomic E-state index is 0.642. The molecule has 3 aromatic rings. The van der Waals surface area contributed by atoms with Gasteiger partial charge < -0.3 is 9.47 Å². The lowest BCUT2D eigenvalue weighted by molar-refractivity contribution is 0.354. The summed E-state index contributed by atoms with van der Waals surface area (Å²) in [5.74, 6) is 2.83. The number of aryl methyl sites for hydroxylation is 1. The van der Waals surface area contributed by atoms with Gasteiger partial charge in [0.2, 0.25) is 5.16 Å². The standard InChI is InChI=1S/C19H20N4O2S/c1-14-21-22-19(26-13-15-8-5-4-6-9-15)23(14)20-12-16-10-7-11-17(24-2)18(16)25-3/h4-12H,13H2,1-3H3/b20-12-. The molecule has 7 heteroatoms. The van der Waals surface area contributed by atoms with E-state index in [1.54, 1.807) is 36.9 Å². The predicted octanol–water partition coefficient (Wildman–Crippen LogP) is 3.78. The Morgan fingerprint density at radius 3 is 2.58 bits per heavy atom. The van der Waals surface area contributed by atoms with E-state index in [-0.39, 0.29) is 0 Å². The van der Waals surface area contributed by atoms with Crippen molar-refractivity contribution in [3.05, 3.63) is 65.5 Å². The molecular weight excluding hydrogens is 348 g/mol. The smallest absolute Gasteiger partial charge is 0.212 e. The first-order valence-electron chi connectivity index (χ1n) is 8.07. The summed E-state index contributed by atoms with van der Waals surface area (Å²) in [5.41, 5.74) is 2.04. The highest BCUT2D eigenvalue weighted by atomic mass is 32.2. The van der Waals surface area contributed by atoms with Crippen LogP contribution in [0.5, 0.6) is 11.5 Å². The van der Waals surface area contributed by atoms with Gasteiger partial charge >= 0.3 is 0 Å². The van der Waals surface area contributed by atoms with Crippen molar-refractivity contribution < 1.29 is 9.47 Å². The van der Waals surface area contributed by atoms with Gasteiger partial charge in [0, 0.05) is 11.3 Å². The van der Waals surface area contributed by atoms with Crippen molar-refractivity contribution in [2.24, 2.45) is 5.10 Å². The second kappa shape index (κ2) is 8.53. The third-order valence-electron chi connectivity index (χ3n) is 3.72. The number of hydrogen-bond acceptors (Lipinski definition) is 6. The molecule has 1 heterocycles. The highest BCUT2D eigenvalue weighted by molar-refractivity contribution is 7.98. The van der Waals surface area contributed by atoms with Crippen molar-refractivity contribution in [3.8, 4) is 11.5 Å². The van der Waals surface area contributed by atoms with Crippen LogP contribution in [0.2, 0.25) is 0 Å². The highest BCUT2D eigenvalue weighted by Crippen LogP contribution is 2.29. The number of ether oxygens (including phenoxy) is 2. The Kier molecular flexibility index (Phi) is 5.91. The van der Waals surface area contributed by atoms with Crippen LogP contribution in [-0.4, -0.2) is 35.3 Å². The van der Waals surface area contributed by atoms with E-state index in [9.17, 15) is 0 Å². The molecule has 134 valence electrons. The number of methoxy groups -OCH3 is 2. The summed E-state index contributed by atoms with van der Waals surface area (Å²) >= 11 is 1.59. The molecule has 2 aromatic carbocycles.